The first-order chi connectivity index (χ1) is 14.7. The van der Waals surface area contributed by atoms with Gasteiger partial charge in [-0.3, -0.25) is 9.78 Å². The van der Waals surface area contributed by atoms with Gasteiger partial charge in [-0.2, -0.15) is 13.2 Å². The SMILES string of the molecule is Cc1nnc(SCC(C(=O)OCc2cccc(C(F)(F)F)c2)C(O)c2cccnc2)s1. The third kappa shape index (κ3) is 6.49. The first-order valence-corrected chi connectivity index (χ1v) is 10.9. The first-order valence-electron chi connectivity index (χ1n) is 9.07. The van der Waals surface area contributed by atoms with Gasteiger partial charge in [-0.15, -0.1) is 10.2 Å². The zero-order valence-corrected chi connectivity index (χ0v) is 17.9. The molecule has 2 heterocycles. The molecule has 164 valence electrons. The van der Waals surface area contributed by atoms with Gasteiger partial charge in [0.05, 0.1) is 17.6 Å². The van der Waals surface area contributed by atoms with Crippen molar-refractivity contribution in [1.82, 2.24) is 15.2 Å². The number of aliphatic hydroxyl groups excluding tert-OH is 1. The van der Waals surface area contributed by atoms with Crippen molar-refractivity contribution in [2.24, 2.45) is 5.92 Å². The van der Waals surface area contributed by atoms with Gasteiger partial charge in [-0.25, -0.2) is 0 Å². The molecule has 3 aromatic rings. The average Bonchev–Trinajstić information content (AvgIpc) is 3.17. The van der Waals surface area contributed by atoms with Gasteiger partial charge in [0.1, 0.15) is 11.6 Å². The average molecular weight is 470 g/mol. The maximum atomic E-state index is 12.9. The minimum Gasteiger partial charge on any atom is -0.460 e. The number of hydrogen-bond acceptors (Lipinski definition) is 8. The van der Waals surface area contributed by atoms with Crippen LogP contribution in [0.2, 0.25) is 0 Å². The summed E-state index contributed by atoms with van der Waals surface area (Å²) in [6.45, 7) is 1.45. The summed E-state index contributed by atoms with van der Waals surface area (Å²) in [6.07, 6.45) is -2.72. The molecule has 0 bridgehead atoms. The van der Waals surface area contributed by atoms with Gasteiger partial charge in [-0.1, -0.05) is 41.3 Å². The number of ether oxygens (including phenoxy) is 1. The molecule has 0 saturated heterocycles. The molecular weight excluding hydrogens is 451 g/mol. The number of alkyl halides is 3. The number of benzene rings is 1. The van der Waals surface area contributed by atoms with E-state index in [-0.39, 0.29) is 17.9 Å². The van der Waals surface area contributed by atoms with E-state index in [0.29, 0.717) is 9.90 Å². The van der Waals surface area contributed by atoms with E-state index < -0.39 is 29.7 Å². The molecule has 0 aliphatic rings. The van der Waals surface area contributed by atoms with Crippen molar-refractivity contribution in [3.63, 3.8) is 0 Å². The van der Waals surface area contributed by atoms with Gasteiger partial charge in [0.25, 0.3) is 0 Å². The van der Waals surface area contributed by atoms with Crippen LogP contribution >= 0.6 is 23.1 Å². The Morgan fingerprint density at radius 3 is 2.71 bits per heavy atom. The number of thioether (sulfide) groups is 1. The van der Waals surface area contributed by atoms with Crippen LogP contribution in [-0.4, -0.2) is 32.0 Å². The van der Waals surface area contributed by atoms with Gasteiger partial charge in [0.15, 0.2) is 4.34 Å². The molecule has 1 aromatic carbocycles. The highest BCUT2D eigenvalue weighted by atomic mass is 32.2. The molecule has 2 unspecified atom stereocenters. The minimum atomic E-state index is -4.49. The lowest BCUT2D eigenvalue weighted by atomic mass is 9.99. The number of nitrogens with zero attached hydrogens (tertiary/aromatic N) is 3. The third-order valence-corrected chi connectivity index (χ3v) is 6.33. The van der Waals surface area contributed by atoms with Crippen molar-refractivity contribution < 1.29 is 27.8 Å². The van der Waals surface area contributed by atoms with E-state index in [2.05, 4.69) is 15.2 Å². The highest BCUT2D eigenvalue weighted by molar-refractivity contribution is 8.01. The maximum Gasteiger partial charge on any atom is 0.416 e. The Morgan fingerprint density at radius 2 is 2.06 bits per heavy atom. The van der Waals surface area contributed by atoms with Crippen LogP contribution in [0.3, 0.4) is 0 Å². The molecule has 6 nitrogen and oxygen atoms in total. The van der Waals surface area contributed by atoms with Crippen LogP contribution in [-0.2, 0) is 22.3 Å². The molecule has 1 N–H and O–H groups in total. The number of carbonyl (C=O) groups excluding carboxylic acids is 1. The largest absolute Gasteiger partial charge is 0.460 e. The molecule has 2 atom stereocenters. The molecule has 0 radical (unpaired) electrons. The Bertz CT molecular complexity index is 1020. The van der Waals surface area contributed by atoms with Crippen LogP contribution in [0.25, 0.3) is 0 Å². The molecule has 2 aromatic heterocycles. The Kier molecular flexibility index (Phi) is 7.63. The lowest BCUT2D eigenvalue weighted by Crippen LogP contribution is -2.27. The summed E-state index contributed by atoms with van der Waals surface area (Å²) in [6, 6.07) is 7.82. The van der Waals surface area contributed by atoms with Crippen molar-refractivity contribution in [1.29, 1.82) is 0 Å². The molecule has 0 aliphatic heterocycles. The fourth-order valence-corrected chi connectivity index (χ4v) is 4.62. The Morgan fingerprint density at radius 1 is 1.26 bits per heavy atom. The van der Waals surface area contributed by atoms with Gasteiger partial charge < -0.3 is 9.84 Å². The Balaban J connectivity index is 1.72. The molecule has 11 heteroatoms. The van der Waals surface area contributed by atoms with Crippen molar-refractivity contribution in [2.75, 3.05) is 5.75 Å². The number of aromatic nitrogens is 3. The zero-order valence-electron chi connectivity index (χ0n) is 16.2. The number of aliphatic hydroxyl groups is 1. The standard InChI is InChI=1S/C20H18F3N3O3S2/c1-12-25-26-19(31-12)30-11-16(17(27)14-5-3-7-24-9-14)18(28)29-10-13-4-2-6-15(8-13)20(21,22)23/h2-9,16-17,27H,10-11H2,1H3. The van der Waals surface area contributed by atoms with Crippen LogP contribution in [0.5, 0.6) is 0 Å². The van der Waals surface area contributed by atoms with Gasteiger partial charge in [0, 0.05) is 18.1 Å². The molecule has 0 aliphatic carbocycles. The molecular formula is C20H18F3N3O3S2. The summed E-state index contributed by atoms with van der Waals surface area (Å²) in [7, 11) is 0. The predicted molar refractivity (Wildman–Crippen MR) is 109 cm³/mol. The second kappa shape index (κ2) is 10.2. The van der Waals surface area contributed by atoms with E-state index in [1.54, 1.807) is 19.1 Å². The number of halogens is 3. The number of aryl methyl sites for hydroxylation is 1. The van der Waals surface area contributed by atoms with Gasteiger partial charge in [-0.05, 0) is 36.2 Å². The minimum absolute atomic E-state index is 0.145. The Hall–Kier alpha value is -2.50. The van der Waals surface area contributed by atoms with Gasteiger partial charge >= 0.3 is 12.1 Å². The van der Waals surface area contributed by atoms with E-state index in [4.69, 9.17) is 4.74 Å². The second-order valence-electron chi connectivity index (χ2n) is 6.54. The van der Waals surface area contributed by atoms with Crippen LogP contribution in [0.4, 0.5) is 13.2 Å². The van der Waals surface area contributed by atoms with Crippen molar-refractivity contribution >= 4 is 29.1 Å². The van der Waals surface area contributed by atoms with E-state index in [9.17, 15) is 23.1 Å². The summed E-state index contributed by atoms with van der Waals surface area (Å²) < 4.78 is 44.6. The fourth-order valence-electron chi connectivity index (χ4n) is 2.67. The van der Waals surface area contributed by atoms with E-state index in [0.717, 1.165) is 17.1 Å². The monoisotopic (exact) mass is 469 g/mol. The quantitative estimate of drug-likeness (QED) is 0.385. The molecule has 0 amide bonds. The van der Waals surface area contributed by atoms with Crippen molar-refractivity contribution in [3.8, 4) is 0 Å². The second-order valence-corrected chi connectivity index (χ2v) is 8.99. The summed E-state index contributed by atoms with van der Waals surface area (Å²) in [4.78, 5) is 16.7. The smallest absolute Gasteiger partial charge is 0.416 e. The molecule has 31 heavy (non-hydrogen) atoms. The maximum absolute atomic E-state index is 12.9. The van der Waals surface area contributed by atoms with E-state index in [1.165, 1.54) is 47.6 Å². The van der Waals surface area contributed by atoms with E-state index in [1.807, 2.05) is 0 Å². The highest BCUT2D eigenvalue weighted by Gasteiger charge is 2.32. The predicted octanol–water partition coefficient (Wildman–Crippen LogP) is 4.45. The summed E-state index contributed by atoms with van der Waals surface area (Å²) in [5, 5.41) is 19.4. The van der Waals surface area contributed by atoms with Crippen LogP contribution in [0.1, 0.15) is 27.8 Å². The number of carbonyl (C=O) groups is 1. The molecule has 0 fully saturated rings. The topological polar surface area (TPSA) is 85.2 Å². The number of rotatable bonds is 8. The van der Waals surface area contributed by atoms with Crippen molar-refractivity contribution in [3.05, 3.63) is 70.5 Å². The molecule has 3 rings (SSSR count). The van der Waals surface area contributed by atoms with Crippen LogP contribution in [0, 0.1) is 12.8 Å². The van der Waals surface area contributed by atoms with Crippen LogP contribution in [0.15, 0.2) is 53.1 Å². The normalized spacial score (nSPS) is 13.6. The lowest BCUT2D eigenvalue weighted by Gasteiger charge is -2.21. The summed E-state index contributed by atoms with van der Waals surface area (Å²) in [5.74, 6) is -1.57. The fraction of sp³-hybridized carbons (Fsp3) is 0.300. The summed E-state index contributed by atoms with van der Waals surface area (Å²) in [5.41, 5.74) is -0.196. The molecule has 0 spiro atoms. The lowest BCUT2D eigenvalue weighted by molar-refractivity contribution is -0.153. The summed E-state index contributed by atoms with van der Waals surface area (Å²) >= 11 is 2.59. The first kappa shape index (κ1) is 23.2. The number of hydrogen-bond donors (Lipinski definition) is 1. The van der Waals surface area contributed by atoms with Crippen LogP contribution < -0.4 is 0 Å². The number of esters is 1. The number of pyridine rings is 1. The van der Waals surface area contributed by atoms with E-state index >= 15 is 0 Å². The Labute approximate surface area is 184 Å². The van der Waals surface area contributed by atoms with Crippen molar-refractivity contribution in [2.45, 2.75) is 30.2 Å². The highest BCUT2D eigenvalue weighted by Crippen LogP contribution is 2.32. The zero-order chi connectivity index (χ0) is 22.4. The van der Waals surface area contributed by atoms with Gasteiger partial charge in [0.2, 0.25) is 0 Å². The molecule has 0 saturated carbocycles. The third-order valence-electron chi connectivity index (χ3n) is 4.24.